The summed E-state index contributed by atoms with van der Waals surface area (Å²) < 4.78 is 21.9. The summed E-state index contributed by atoms with van der Waals surface area (Å²) in [5.74, 6) is 0.623. The molecule has 0 spiro atoms. The molecule has 0 bridgehead atoms. The monoisotopic (exact) mass is 304 g/mol. The summed E-state index contributed by atoms with van der Waals surface area (Å²) >= 11 is 0. The molecule has 1 unspecified atom stereocenters. The molecule has 5 heteroatoms. The number of benzene rings is 2. The number of hydrogen-bond acceptors (Lipinski definition) is 4. The van der Waals surface area contributed by atoms with Crippen LogP contribution in [0.15, 0.2) is 48.5 Å². The van der Waals surface area contributed by atoms with Crippen molar-refractivity contribution in [2.24, 2.45) is 0 Å². The Morgan fingerprint density at radius 3 is 2.00 bits per heavy atom. The molecule has 1 atom stereocenters. The Morgan fingerprint density at radius 2 is 1.52 bits per heavy atom. The average molecular weight is 304 g/mol. The second kappa shape index (κ2) is 7.21. The molecule has 0 radical (unpaired) electrons. The number of hydrogen-bond donors (Lipinski definition) is 0. The molecule has 2 aromatic rings. The van der Waals surface area contributed by atoms with Gasteiger partial charge in [-0.1, -0.05) is 12.1 Å². The van der Waals surface area contributed by atoms with Gasteiger partial charge in [0.15, 0.2) is 5.78 Å². The van der Waals surface area contributed by atoms with E-state index in [1.54, 1.807) is 62.6 Å². The van der Waals surface area contributed by atoms with Gasteiger partial charge in [-0.05, 0) is 43.3 Å². The second-order valence-electron chi connectivity index (χ2n) is 4.36. The van der Waals surface area contributed by atoms with Crippen LogP contribution in [-0.2, 0) is 9.09 Å². The minimum absolute atomic E-state index is 0.0831. The first kappa shape index (κ1) is 15.5. The van der Waals surface area contributed by atoms with Crippen LogP contribution in [0.5, 0.6) is 5.75 Å². The molecular formula is C16H17O4P. The van der Waals surface area contributed by atoms with Crippen LogP contribution in [-0.4, -0.2) is 19.5 Å². The zero-order valence-electron chi connectivity index (χ0n) is 12.0. The van der Waals surface area contributed by atoms with E-state index in [0.29, 0.717) is 28.8 Å². The third-order valence-electron chi connectivity index (χ3n) is 3.01. The molecule has 0 saturated heterocycles. The topological polar surface area (TPSA) is 52.6 Å². The van der Waals surface area contributed by atoms with Gasteiger partial charge in [-0.3, -0.25) is 9.36 Å². The molecule has 0 fully saturated rings. The number of rotatable bonds is 6. The van der Waals surface area contributed by atoms with Gasteiger partial charge in [0, 0.05) is 16.4 Å². The van der Waals surface area contributed by atoms with Gasteiger partial charge in [-0.25, -0.2) is 0 Å². The molecule has 110 valence electrons. The Morgan fingerprint density at radius 1 is 1.00 bits per heavy atom. The maximum Gasteiger partial charge on any atom is 0.220 e. The SMILES string of the molecule is CCO[PH](=O)c1ccc(C(=O)c2ccc(OC)cc2)cc1. The molecule has 2 rings (SSSR count). The van der Waals surface area contributed by atoms with Crippen molar-refractivity contribution < 1.29 is 18.6 Å². The van der Waals surface area contributed by atoms with Gasteiger partial charge in [0.25, 0.3) is 0 Å². The Hall–Kier alpha value is -1.90. The summed E-state index contributed by atoms with van der Waals surface area (Å²) in [5, 5.41) is 0.619. The summed E-state index contributed by atoms with van der Waals surface area (Å²) in [6.45, 7) is 2.20. The highest BCUT2D eigenvalue weighted by atomic mass is 31.1. The maximum absolute atomic E-state index is 12.3. The van der Waals surface area contributed by atoms with E-state index >= 15 is 0 Å². The fourth-order valence-corrected chi connectivity index (χ4v) is 2.75. The molecular weight excluding hydrogens is 287 g/mol. The molecule has 21 heavy (non-hydrogen) atoms. The van der Waals surface area contributed by atoms with E-state index in [1.807, 2.05) is 0 Å². The fraction of sp³-hybridized carbons (Fsp3) is 0.188. The molecule has 0 aliphatic rings. The first-order valence-electron chi connectivity index (χ1n) is 6.61. The lowest BCUT2D eigenvalue weighted by Crippen LogP contribution is -2.04. The lowest BCUT2D eigenvalue weighted by atomic mass is 10.0. The lowest BCUT2D eigenvalue weighted by molar-refractivity contribution is 0.103. The van der Waals surface area contributed by atoms with Crippen LogP contribution < -0.4 is 10.0 Å². The van der Waals surface area contributed by atoms with Crippen molar-refractivity contribution in [3.63, 3.8) is 0 Å². The highest BCUT2D eigenvalue weighted by molar-refractivity contribution is 7.48. The minimum atomic E-state index is -2.21. The van der Waals surface area contributed by atoms with Gasteiger partial charge in [0.05, 0.1) is 13.7 Å². The van der Waals surface area contributed by atoms with Gasteiger partial charge >= 0.3 is 0 Å². The van der Waals surface area contributed by atoms with Crippen LogP contribution in [0.4, 0.5) is 0 Å². The van der Waals surface area contributed by atoms with E-state index in [9.17, 15) is 9.36 Å². The van der Waals surface area contributed by atoms with Crippen LogP contribution in [0.3, 0.4) is 0 Å². The molecule has 0 saturated carbocycles. The summed E-state index contributed by atoms with van der Waals surface area (Å²) in [6.07, 6.45) is 0. The van der Waals surface area contributed by atoms with Gasteiger partial charge < -0.3 is 9.26 Å². The molecule has 0 aromatic heterocycles. The van der Waals surface area contributed by atoms with Crippen molar-refractivity contribution in [2.45, 2.75) is 6.92 Å². The zero-order chi connectivity index (χ0) is 15.2. The quantitative estimate of drug-likeness (QED) is 0.608. The molecule has 0 heterocycles. The Kier molecular flexibility index (Phi) is 5.32. The molecule has 0 amide bonds. The van der Waals surface area contributed by atoms with E-state index in [2.05, 4.69) is 0 Å². The van der Waals surface area contributed by atoms with Crippen molar-refractivity contribution in [1.82, 2.24) is 0 Å². The molecule has 2 aromatic carbocycles. The smallest absolute Gasteiger partial charge is 0.220 e. The summed E-state index contributed by atoms with van der Waals surface area (Å²) in [4.78, 5) is 12.3. The standard InChI is InChI=1S/C16H17O4P/c1-3-20-21(18)15-10-6-13(7-11-15)16(17)12-4-8-14(19-2)9-5-12/h4-11,21H,3H2,1-2H3. The molecule has 0 N–H and O–H groups in total. The predicted octanol–water partition coefficient (Wildman–Crippen LogP) is 3.06. The lowest BCUT2D eigenvalue weighted by Gasteiger charge is -2.05. The highest BCUT2D eigenvalue weighted by Crippen LogP contribution is 2.22. The first-order chi connectivity index (χ1) is 10.2. The Bertz CT molecular complexity index is 632. The van der Waals surface area contributed by atoms with Crippen LogP contribution in [0, 0.1) is 0 Å². The number of ether oxygens (including phenoxy) is 1. The number of ketones is 1. The number of methoxy groups -OCH3 is 1. The highest BCUT2D eigenvalue weighted by Gasteiger charge is 2.10. The van der Waals surface area contributed by atoms with E-state index in [-0.39, 0.29) is 5.78 Å². The second-order valence-corrected chi connectivity index (χ2v) is 5.80. The maximum atomic E-state index is 12.3. The number of carbonyl (C=O) groups is 1. The van der Waals surface area contributed by atoms with Crippen molar-refractivity contribution >= 4 is 19.1 Å². The van der Waals surface area contributed by atoms with Crippen LogP contribution in [0.2, 0.25) is 0 Å². The van der Waals surface area contributed by atoms with Crippen LogP contribution in [0.1, 0.15) is 22.8 Å². The summed E-state index contributed by atoms with van der Waals surface area (Å²) in [7, 11) is -0.631. The van der Waals surface area contributed by atoms with Gasteiger partial charge in [-0.2, -0.15) is 0 Å². The van der Waals surface area contributed by atoms with E-state index in [4.69, 9.17) is 9.26 Å². The first-order valence-corrected chi connectivity index (χ1v) is 7.93. The van der Waals surface area contributed by atoms with Gasteiger partial charge in [0.2, 0.25) is 8.03 Å². The van der Waals surface area contributed by atoms with Crippen LogP contribution in [0.25, 0.3) is 0 Å². The van der Waals surface area contributed by atoms with E-state index < -0.39 is 8.03 Å². The minimum Gasteiger partial charge on any atom is -0.497 e. The normalized spacial score (nSPS) is 11.9. The van der Waals surface area contributed by atoms with E-state index in [1.165, 1.54) is 0 Å². The molecule has 4 nitrogen and oxygen atoms in total. The van der Waals surface area contributed by atoms with Crippen molar-refractivity contribution in [1.29, 1.82) is 0 Å². The number of carbonyl (C=O) groups excluding carboxylic acids is 1. The van der Waals surface area contributed by atoms with Crippen molar-refractivity contribution in [2.75, 3.05) is 13.7 Å². The summed E-state index contributed by atoms with van der Waals surface area (Å²) in [6, 6.07) is 13.6. The van der Waals surface area contributed by atoms with Crippen LogP contribution >= 0.6 is 8.03 Å². The van der Waals surface area contributed by atoms with Crippen molar-refractivity contribution in [3.8, 4) is 5.75 Å². The fourth-order valence-electron chi connectivity index (χ4n) is 1.88. The Balaban J connectivity index is 2.17. The third-order valence-corrected chi connectivity index (χ3v) is 4.37. The zero-order valence-corrected chi connectivity index (χ0v) is 13.0. The third kappa shape index (κ3) is 3.81. The van der Waals surface area contributed by atoms with Gasteiger partial charge in [-0.15, -0.1) is 0 Å². The van der Waals surface area contributed by atoms with Crippen molar-refractivity contribution in [3.05, 3.63) is 59.7 Å². The average Bonchev–Trinajstić information content (AvgIpc) is 2.54. The summed E-state index contributed by atoms with van der Waals surface area (Å²) in [5.41, 5.74) is 1.14. The molecule has 0 aliphatic carbocycles. The predicted molar refractivity (Wildman–Crippen MR) is 83.1 cm³/mol. The molecule has 0 aliphatic heterocycles. The van der Waals surface area contributed by atoms with E-state index in [0.717, 1.165) is 0 Å². The van der Waals surface area contributed by atoms with Gasteiger partial charge in [0.1, 0.15) is 5.75 Å². The Labute approximate surface area is 124 Å². The largest absolute Gasteiger partial charge is 0.497 e.